The minimum atomic E-state index is -0.469. The molecule has 3 rings (SSSR count). The van der Waals surface area contributed by atoms with E-state index in [2.05, 4.69) is 10.3 Å². The van der Waals surface area contributed by atoms with Gasteiger partial charge in [-0.25, -0.2) is 4.39 Å². The van der Waals surface area contributed by atoms with Crippen molar-refractivity contribution in [2.24, 2.45) is 5.92 Å². The van der Waals surface area contributed by atoms with Gasteiger partial charge in [0.05, 0.1) is 25.8 Å². The van der Waals surface area contributed by atoms with Crippen molar-refractivity contribution in [2.75, 3.05) is 32.8 Å². The van der Waals surface area contributed by atoms with Crippen LogP contribution in [0, 0.1) is 11.7 Å². The van der Waals surface area contributed by atoms with Crippen LogP contribution in [0.25, 0.3) is 0 Å². The van der Waals surface area contributed by atoms with E-state index in [0.29, 0.717) is 38.4 Å². The molecule has 1 unspecified atom stereocenters. The minimum absolute atomic E-state index is 0.0161. The quantitative estimate of drug-likeness (QED) is 0.809. The lowest BCUT2D eigenvalue weighted by Gasteiger charge is -2.24. The van der Waals surface area contributed by atoms with Crippen LogP contribution in [0.2, 0.25) is 0 Å². The van der Waals surface area contributed by atoms with E-state index < -0.39 is 5.82 Å². The number of aromatic hydroxyl groups is 1. The Bertz CT molecular complexity index is 846. The topological polar surface area (TPSA) is 91.8 Å². The summed E-state index contributed by atoms with van der Waals surface area (Å²) in [7, 11) is 0. The Morgan fingerprint density at radius 2 is 2.18 bits per heavy atom. The molecule has 0 aliphatic carbocycles. The predicted molar refractivity (Wildman–Crippen MR) is 99.2 cm³/mol. The van der Waals surface area contributed by atoms with Gasteiger partial charge in [0.2, 0.25) is 5.91 Å². The Kier molecular flexibility index (Phi) is 6.54. The molecule has 1 aliphatic rings. The van der Waals surface area contributed by atoms with Crippen LogP contribution in [0.4, 0.5) is 4.39 Å². The maximum atomic E-state index is 13.3. The van der Waals surface area contributed by atoms with Crippen LogP contribution in [-0.4, -0.2) is 59.7 Å². The van der Waals surface area contributed by atoms with Crippen molar-refractivity contribution in [3.63, 3.8) is 0 Å². The minimum Gasteiger partial charge on any atom is -0.506 e. The summed E-state index contributed by atoms with van der Waals surface area (Å²) in [6.07, 6.45) is 2.98. The molecule has 28 heavy (non-hydrogen) atoms. The average Bonchev–Trinajstić information content (AvgIpc) is 2.92. The van der Waals surface area contributed by atoms with Gasteiger partial charge in [-0.3, -0.25) is 14.6 Å². The zero-order chi connectivity index (χ0) is 19.9. The number of pyridine rings is 1. The van der Waals surface area contributed by atoms with Crippen LogP contribution >= 0.6 is 0 Å². The van der Waals surface area contributed by atoms with Crippen molar-refractivity contribution < 1.29 is 23.8 Å². The lowest BCUT2D eigenvalue weighted by atomic mass is 10.1. The third-order valence-corrected chi connectivity index (χ3v) is 4.46. The van der Waals surface area contributed by atoms with Crippen LogP contribution in [0.5, 0.6) is 5.75 Å². The van der Waals surface area contributed by atoms with Gasteiger partial charge in [-0.15, -0.1) is 0 Å². The smallest absolute Gasteiger partial charge is 0.251 e. The van der Waals surface area contributed by atoms with Gasteiger partial charge >= 0.3 is 0 Å². The summed E-state index contributed by atoms with van der Waals surface area (Å²) in [5, 5.41) is 12.3. The van der Waals surface area contributed by atoms with E-state index in [1.807, 2.05) is 0 Å². The van der Waals surface area contributed by atoms with Crippen molar-refractivity contribution in [1.82, 2.24) is 15.2 Å². The van der Waals surface area contributed by atoms with Crippen molar-refractivity contribution in [1.29, 1.82) is 0 Å². The van der Waals surface area contributed by atoms with E-state index in [1.165, 1.54) is 30.5 Å². The van der Waals surface area contributed by atoms with Crippen molar-refractivity contribution >= 4 is 11.8 Å². The SMILES string of the molecule is O=C(NCC1COCCN(C(=O)Cc2cncc(O)c2)C1)c1cccc(F)c1. The first-order valence-corrected chi connectivity index (χ1v) is 9.03. The second-order valence-electron chi connectivity index (χ2n) is 6.73. The van der Waals surface area contributed by atoms with Gasteiger partial charge in [-0.1, -0.05) is 6.07 Å². The van der Waals surface area contributed by atoms with E-state index in [0.717, 1.165) is 0 Å². The number of hydrogen-bond donors (Lipinski definition) is 2. The molecule has 1 atom stereocenters. The molecule has 2 N–H and O–H groups in total. The predicted octanol–water partition coefficient (Wildman–Crippen LogP) is 1.37. The molecule has 1 fully saturated rings. The number of rotatable bonds is 5. The number of carbonyl (C=O) groups is 2. The second-order valence-corrected chi connectivity index (χ2v) is 6.73. The zero-order valence-electron chi connectivity index (χ0n) is 15.3. The number of halogens is 1. The molecular weight excluding hydrogens is 365 g/mol. The molecule has 1 aromatic heterocycles. The zero-order valence-corrected chi connectivity index (χ0v) is 15.3. The molecule has 8 heteroatoms. The molecular formula is C20H22FN3O4. The van der Waals surface area contributed by atoms with Gasteiger partial charge in [0.25, 0.3) is 5.91 Å². The van der Waals surface area contributed by atoms with E-state index in [1.54, 1.807) is 17.2 Å². The first-order chi connectivity index (χ1) is 13.5. The molecule has 148 valence electrons. The number of nitrogens with one attached hydrogen (secondary N) is 1. The highest BCUT2D eigenvalue weighted by Crippen LogP contribution is 2.13. The molecule has 0 saturated carbocycles. The number of benzene rings is 1. The molecule has 2 aromatic rings. The van der Waals surface area contributed by atoms with E-state index >= 15 is 0 Å². The number of ether oxygens (including phenoxy) is 1. The number of hydrogen-bond acceptors (Lipinski definition) is 5. The summed E-state index contributed by atoms with van der Waals surface area (Å²) < 4.78 is 18.8. The summed E-state index contributed by atoms with van der Waals surface area (Å²) in [5.74, 6) is -0.996. The molecule has 1 saturated heterocycles. The maximum Gasteiger partial charge on any atom is 0.251 e. The van der Waals surface area contributed by atoms with E-state index in [4.69, 9.17) is 4.74 Å². The lowest BCUT2D eigenvalue weighted by Crippen LogP contribution is -2.40. The van der Waals surface area contributed by atoms with Crippen molar-refractivity contribution in [2.45, 2.75) is 6.42 Å². The number of aromatic nitrogens is 1. The van der Waals surface area contributed by atoms with Crippen LogP contribution < -0.4 is 5.32 Å². The average molecular weight is 387 g/mol. The molecule has 2 heterocycles. The van der Waals surface area contributed by atoms with E-state index in [9.17, 15) is 19.1 Å². The fourth-order valence-corrected chi connectivity index (χ4v) is 3.06. The normalized spacial score (nSPS) is 17.0. The molecule has 1 aliphatic heterocycles. The largest absolute Gasteiger partial charge is 0.506 e. The summed E-state index contributed by atoms with van der Waals surface area (Å²) in [6, 6.07) is 6.99. The fraction of sp³-hybridized carbons (Fsp3) is 0.350. The Balaban J connectivity index is 1.55. The highest BCUT2D eigenvalue weighted by molar-refractivity contribution is 5.94. The summed E-state index contributed by atoms with van der Waals surface area (Å²) >= 11 is 0. The van der Waals surface area contributed by atoms with Crippen LogP contribution in [0.1, 0.15) is 15.9 Å². The monoisotopic (exact) mass is 387 g/mol. The summed E-state index contributed by atoms with van der Waals surface area (Å²) in [4.78, 5) is 30.4. The van der Waals surface area contributed by atoms with Crippen LogP contribution in [-0.2, 0) is 16.0 Å². The molecule has 7 nitrogen and oxygen atoms in total. The van der Waals surface area contributed by atoms with Crippen LogP contribution in [0.3, 0.4) is 0 Å². The molecule has 1 aromatic carbocycles. The first-order valence-electron chi connectivity index (χ1n) is 9.03. The molecule has 2 amide bonds. The Hall–Kier alpha value is -3.00. The van der Waals surface area contributed by atoms with Gasteiger partial charge in [0.1, 0.15) is 11.6 Å². The number of carbonyl (C=O) groups excluding carboxylic acids is 2. The summed E-state index contributed by atoms with van der Waals surface area (Å²) in [6.45, 7) is 2.04. The number of nitrogens with zero attached hydrogens (tertiary/aromatic N) is 2. The highest BCUT2D eigenvalue weighted by atomic mass is 19.1. The van der Waals surface area contributed by atoms with Gasteiger partial charge in [0, 0.05) is 37.3 Å². The van der Waals surface area contributed by atoms with Crippen molar-refractivity contribution in [3.8, 4) is 5.75 Å². The molecule has 0 bridgehead atoms. The lowest BCUT2D eigenvalue weighted by molar-refractivity contribution is -0.130. The summed E-state index contributed by atoms with van der Waals surface area (Å²) in [5.41, 5.74) is 0.880. The Labute approximate surface area is 162 Å². The standard InChI is InChI=1S/C20H22FN3O4/c21-17-3-1-2-16(8-17)20(27)23-10-15-12-24(4-5-28-13-15)19(26)7-14-6-18(25)11-22-9-14/h1-3,6,8-9,11,15,25H,4-5,7,10,12-13H2,(H,23,27). The molecule has 0 radical (unpaired) electrons. The van der Waals surface area contributed by atoms with Gasteiger partial charge in [-0.05, 0) is 29.8 Å². The second kappa shape index (κ2) is 9.27. The third kappa shape index (κ3) is 5.50. The van der Waals surface area contributed by atoms with Gasteiger partial charge in [0.15, 0.2) is 0 Å². The highest BCUT2D eigenvalue weighted by Gasteiger charge is 2.23. The van der Waals surface area contributed by atoms with Gasteiger partial charge < -0.3 is 20.1 Å². The molecule has 0 spiro atoms. The number of amides is 2. The van der Waals surface area contributed by atoms with Crippen molar-refractivity contribution in [3.05, 3.63) is 59.7 Å². The van der Waals surface area contributed by atoms with Gasteiger partial charge in [-0.2, -0.15) is 0 Å². The third-order valence-electron chi connectivity index (χ3n) is 4.46. The first kappa shape index (κ1) is 19.8. The fourth-order valence-electron chi connectivity index (χ4n) is 3.06. The Morgan fingerprint density at radius 1 is 1.32 bits per heavy atom. The van der Waals surface area contributed by atoms with E-state index in [-0.39, 0.29) is 35.5 Å². The maximum absolute atomic E-state index is 13.3. The Morgan fingerprint density at radius 3 is 2.96 bits per heavy atom. The van der Waals surface area contributed by atoms with Crippen LogP contribution in [0.15, 0.2) is 42.7 Å².